The highest BCUT2D eigenvalue weighted by atomic mass is 15.1. The number of nitrogens with two attached hydrogens (primary N) is 1. The largest absolute Gasteiger partial charge is 0.396 e. The molecular weight excluding hydrogens is 150 g/mol. The highest BCUT2D eigenvalue weighted by Gasteiger charge is 2.32. The fourth-order valence-corrected chi connectivity index (χ4v) is 1.24. The van der Waals surface area contributed by atoms with Gasteiger partial charge < -0.3 is 11.1 Å². The number of hydrogen-bond donors (Lipinski definition) is 2. The van der Waals surface area contributed by atoms with Crippen LogP contribution in [0.15, 0.2) is 18.3 Å². The Labute approximate surface area is 72.0 Å². The van der Waals surface area contributed by atoms with E-state index in [1.165, 1.54) is 6.42 Å². The van der Waals surface area contributed by atoms with E-state index in [1.54, 1.807) is 6.20 Å². The number of hydrogen-bond acceptors (Lipinski definition) is 3. The van der Waals surface area contributed by atoms with Crippen molar-refractivity contribution in [2.75, 3.05) is 11.1 Å². The van der Waals surface area contributed by atoms with E-state index in [0.29, 0.717) is 6.04 Å². The second-order valence-corrected chi connectivity index (χ2v) is 3.41. The van der Waals surface area contributed by atoms with Gasteiger partial charge >= 0.3 is 0 Å². The van der Waals surface area contributed by atoms with Crippen molar-refractivity contribution in [3.8, 4) is 0 Å². The standard InChI is InChI=1S/C9H13N3/c1-6-5-8(6)12-9-7(10)3-2-4-11-9/h2-4,6,8H,5,10H2,1H3,(H,11,12). The average Bonchev–Trinajstić information content (AvgIpc) is 2.72. The van der Waals surface area contributed by atoms with Crippen molar-refractivity contribution in [3.63, 3.8) is 0 Å². The minimum atomic E-state index is 0.585. The zero-order valence-electron chi connectivity index (χ0n) is 7.12. The molecule has 0 saturated heterocycles. The first-order valence-electron chi connectivity index (χ1n) is 4.24. The Kier molecular flexibility index (Phi) is 1.64. The van der Waals surface area contributed by atoms with Crippen LogP contribution in [0.25, 0.3) is 0 Å². The topological polar surface area (TPSA) is 50.9 Å². The summed E-state index contributed by atoms with van der Waals surface area (Å²) in [5, 5.41) is 3.30. The van der Waals surface area contributed by atoms with Crippen molar-refractivity contribution in [1.29, 1.82) is 0 Å². The van der Waals surface area contributed by atoms with Crippen molar-refractivity contribution < 1.29 is 0 Å². The molecular formula is C9H13N3. The number of anilines is 2. The van der Waals surface area contributed by atoms with Gasteiger partial charge in [-0.3, -0.25) is 0 Å². The number of nitrogens with one attached hydrogen (secondary N) is 1. The molecule has 1 heterocycles. The minimum Gasteiger partial charge on any atom is -0.396 e. The summed E-state index contributed by atoms with van der Waals surface area (Å²) in [6.45, 7) is 2.22. The Hall–Kier alpha value is -1.25. The van der Waals surface area contributed by atoms with Gasteiger partial charge in [-0.05, 0) is 24.5 Å². The number of pyridine rings is 1. The molecule has 1 aromatic heterocycles. The quantitative estimate of drug-likeness (QED) is 0.694. The molecule has 1 fully saturated rings. The predicted octanol–water partition coefficient (Wildman–Crippen LogP) is 1.48. The molecule has 2 rings (SSSR count). The van der Waals surface area contributed by atoms with E-state index in [1.807, 2.05) is 12.1 Å². The summed E-state index contributed by atoms with van der Waals surface area (Å²) in [7, 11) is 0. The SMILES string of the molecule is CC1CC1Nc1ncccc1N. The molecule has 3 N–H and O–H groups in total. The van der Waals surface area contributed by atoms with Crippen molar-refractivity contribution >= 4 is 11.5 Å². The van der Waals surface area contributed by atoms with Crippen LogP contribution in [0.4, 0.5) is 11.5 Å². The van der Waals surface area contributed by atoms with E-state index in [9.17, 15) is 0 Å². The maximum atomic E-state index is 5.72. The first-order valence-corrected chi connectivity index (χ1v) is 4.24. The van der Waals surface area contributed by atoms with Crippen LogP contribution in [-0.2, 0) is 0 Å². The van der Waals surface area contributed by atoms with E-state index in [-0.39, 0.29) is 0 Å². The van der Waals surface area contributed by atoms with Gasteiger partial charge in [0.15, 0.2) is 0 Å². The van der Waals surface area contributed by atoms with Crippen LogP contribution in [0.2, 0.25) is 0 Å². The van der Waals surface area contributed by atoms with E-state index in [0.717, 1.165) is 17.4 Å². The number of rotatable bonds is 2. The number of nitrogen functional groups attached to an aromatic ring is 1. The molecule has 0 bridgehead atoms. The third-order valence-electron chi connectivity index (χ3n) is 2.27. The fraction of sp³-hybridized carbons (Fsp3) is 0.444. The maximum Gasteiger partial charge on any atom is 0.149 e. The Morgan fingerprint density at radius 2 is 2.42 bits per heavy atom. The molecule has 2 atom stereocenters. The third-order valence-corrected chi connectivity index (χ3v) is 2.27. The summed E-state index contributed by atoms with van der Waals surface area (Å²) in [5.41, 5.74) is 6.45. The Bertz CT molecular complexity index is 285. The minimum absolute atomic E-state index is 0.585. The monoisotopic (exact) mass is 163 g/mol. The second kappa shape index (κ2) is 2.66. The predicted molar refractivity (Wildman–Crippen MR) is 49.8 cm³/mol. The number of nitrogens with zero attached hydrogens (tertiary/aromatic N) is 1. The highest BCUT2D eigenvalue weighted by molar-refractivity contribution is 5.61. The van der Waals surface area contributed by atoms with Gasteiger partial charge in [0, 0.05) is 12.2 Å². The lowest BCUT2D eigenvalue weighted by molar-refractivity contribution is 0.924. The van der Waals surface area contributed by atoms with Crippen molar-refractivity contribution in [2.45, 2.75) is 19.4 Å². The molecule has 1 aliphatic rings. The van der Waals surface area contributed by atoms with Gasteiger partial charge in [0.2, 0.25) is 0 Å². The third kappa shape index (κ3) is 1.35. The first-order chi connectivity index (χ1) is 5.77. The Balaban J connectivity index is 2.08. The summed E-state index contributed by atoms with van der Waals surface area (Å²) < 4.78 is 0. The zero-order chi connectivity index (χ0) is 8.55. The highest BCUT2D eigenvalue weighted by Crippen LogP contribution is 2.33. The van der Waals surface area contributed by atoms with Crippen molar-refractivity contribution in [1.82, 2.24) is 4.98 Å². The van der Waals surface area contributed by atoms with Crippen LogP contribution in [0.1, 0.15) is 13.3 Å². The van der Waals surface area contributed by atoms with Gasteiger partial charge in [-0.2, -0.15) is 0 Å². The number of aromatic nitrogens is 1. The van der Waals surface area contributed by atoms with E-state index in [4.69, 9.17) is 5.73 Å². The van der Waals surface area contributed by atoms with Crippen LogP contribution in [0, 0.1) is 5.92 Å². The molecule has 1 saturated carbocycles. The molecule has 0 amide bonds. The average molecular weight is 163 g/mol. The van der Waals surface area contributed by atoms with Crippen LogP contribution in [0.5, 0.6) is 0 Å². The summed E-state index contributed by atoms with van der Waals surface area (Å²) in [5.74, 6) is 1.60. The molecule has 0 aromatic carbocycles. The van der Waals surface area contributed by atoms with Gasteiger partial charge in [0.05, 0.1) is 5.69 Å². The van der Waals surface area contributed by atoms with Gasteiger partial charge in [-0.25, -0.2) is 4.98 Å². The fourth-order valence-electron chi connectivity index (χ4n) is 1.24. The Morgan fingerprint density at radius 1 is 1.67 bits per heavy atom. The lowest BCUT2D eigenvalue weighted by Crippen LogP contribution is -2.07. The summed E-state index contributed by atoms with van der Waals surface area (Å²) in [6, 6.07) is 4.29. The van der Waals surface area contributed by atoms with Crippen LogP contribution < -0.4 is 11.1 Å². The molecule has 0 radical (unpaired) electrons. The summed E-state index contributed by atoms with van der Waals surface area (Å²) >= 11 is 0. The zero-order valence-corrected chi connectivity index (χ0v) is 7.12. The normalized spacial score (nSPS) is 26.8. The van der Waals surface area contributed by atoms with Crippen molar-refractivity contribution in [2.24, 2.45) is 5.92 Å². The molecule has 1 aromatic rings. The second-order valence-electron chi connectivity index (χ2n) is 3.41. The molecule has 64 valence electrons. The molecule has 0 spiro atoms. The summed E-state index contributed by atoms with van der Waals surface area (Å²) in [4.78, 5) is 4.16. The smallest absolute Gasteiger partial charge is 0.149 e. The van der Waals surface area contributed by atoms with Gasteiger partial charge in [-0.15, -0.1) is 0 Å². The molecule has 3 nitrogen and oxygen atoms in total. The van der Waals surface area contributed by atoms with Gasteiger partial charge in [-0.1, -0.05) is 6.92 Å². The van der Waals surface area contributed by atoms with Crippen molar-refractivity contribution in [3.05, 3.63) is 18.3 Å². The molecule has 1 aliphatic carbocycles. The van der Waals surface area contributed by atoms with E-state index in [2.05, 4.69) is 17.2 Å². The van der Waals surface area contributed by atoms with E-state index < -0.39 is 0 Å². The van der Waals surface area contributed by atoms with Crippen LogP contribution >= 0.6 is 0 Å². The summed E-state index contributed by atoms with van der Waals surface area (Å²) in [6.07, 6.45) is 2.99. The Morgan fingerprint density at radius 3 is 3.00 bits per heavy atom. The molecule has 3 heteroatoms. The van der Waals surface area contributed by atoms with Gasteiger partial charge in [0.1, 0.15) is 5.82 Å². The van der Waals surface area contributed by atoms with E-state index >= 15 is 0 Å². The molecule has 0 aliphatic heterocycles. The van der Waals surface area contributed by atoms with Crippen LogP contribution in [0.3, 0.4) is 0 Å². The lowest BCUT2D eigenvalue weighted by Gasteiger charge is -2.05. The first kappa shape index (κ1) is 7.40. The van der Waals surface area contributed by atoms with Gasteiger partial charge in [0.25, 0.3) is 0 Å². The maximum absolute atomic E-state index is 5.72. The molecule has 12 heavy (non-hydrogen) atoms. The molecule has 2 unspecified atom stereocenters. The van der Waals surface area contributed by atoms with Crippen LogP contribution in [-0.4, -0.2) is 11.0 Å². The lowest BCUT2D eigenvalue weighted by atomic mass is 10.4.